The number of hydrogen-bond acceptors (Lipinski definition) is 8. The molecule has 2 heterocycles. The Morgan fingerprint density at radius 2 is 1.82 bits per heavy atom. The maximum atomic E-state index is 12.4. The number of nitrogens with one attached hydrogen (secondary N) is 2. The number of para-hydroxylation sites is 1. The average Bonchev–Trinajstić information content (AvgIpc) is 3.30. The number of tetrazole rings is 1. The first kappa shape index (κ1) is 18.2. The summed E-state index contributed by atoms with van der Waals surface area (Å²) in [5.41, 5.74) is 1.48. The monoisotopic (exact) mass is 419 g/mol. The van der Waals surface area contributed by atoms with Crippen LogP contribution in [0.25, 0.3) is 33.4 Å². The highest BCUT2D eigenvalue weighted by atomic mass is 32.2. The van der Waals surface area contributed by atoms with Gasteiger partial charge in [-0.15, -0.1) is 10.2 Å². The number of fused-ring (bicyclic) bond motifs is 1. The third kappa shape index (κ3) is 2.94. The Labute approximate surface area is 158 Å². The van der Waals surface area contributed by atoms with Crippen LogP contribution in [0.4, 0.5) is 0 Å². The average molecular weight is 419 g/mol. The Bertz CT molecular complexity index is 1410. The normalized spacial score (nSPS) is 12.5. The molecule has 0 aliphatic rings. The lowest BCUT2D eigenvalue weighted by atomic mass is 9.97. The number of rotatable bonds is 4. The fraction of sp³-hybridized carbons (Fsp3) is 0.0667. The zero-order chi connectivity index (χ0) is 20.1. The summed E-state index contributed by atoms with van der Waals surface area (Å²) in [6, 6.07) is 7.98. The van der Waals surface area contributed by atoms with E-state index in [4.69, 9.17) is 5.14 Å². The van der Waals surface area contributed by atoms with Gasteiger partial charge in [0, 0.05) is 17.2 Å². The van der Waals surface area contributed by atoms with Crippen LogP contribution in [-0.2, 0) is 19.9 Å². The van der Waals surface area contributed by atoms with E-state index in [-0.39, 0.29) is 11.4 Å². The predicted octanol–water partition coefficient (Wildman–Crippen LogP) is 0.461. The maximum absolute atomic E-state index is 12.4. The molecule has 2 aromatic carbocycles. The van der Waals surface area contributed by atoms with Gasteiger partial charge in [-0.05, 0) is 16.8 Å². The van der Waals surface area contributed by atoms with Crippen molar-refractivity contribution in [3.63, 3.8) is 0 Å². The Kier molecular flexibility index (Phi) is 4.02. The van der Waals surface area contributed by atoms with Crippen LogP contribution in [-0.4, -0.2) is 53.9 Å². The van der Waals surface area contributed by atoms with Crippen LogP contribution in [0, 0.1) is 0 Å². The fourth-order valence-electron chi connectivity index (χ4n) is 3.05. The van der Waals surface area contributed by atoms with Crippen molar-refractivity contribution in [2.24, 2.45) is 5.14 Å². The van der Waals surface area contributed by atoms with Gasteiger partial charge in [-0.1, -0.05) is 24.3 Å². The molecule has 0 bridgehead atoms. The summed E-state index contributed by atoms with van der Waals surface area (Å²) in [6.07, 6.45) is 2.50. The van der Waals surface area contributed by atoms with Gasteiger partial charge in [-0.25, -0.2) is 22.0 Å². The van der Waals surface area contributed by atoms with Crippen molar-refractivity contribution in [1.82, 2.24) is 30.8 Å². The molecule has 13 heteroatoms. The first-order chi connectivity index (χ1) is 13.2. The van der Waals surface area contributed by atoms with E-state index in [1.54, 1.807) is 18.3 Å². The smallest absolute Gasteiger partial charge is 0.240 e. The topological polar surface area (TPSA) is 177 Å². The molecule has 2 aromatic heterocycles. The molecule has 0 amide bonds. The van der Waals surface area contributed by atoms with Crippen molar-refractivity contribution in [1.29, 1.82) is 0 Å². The van der Waals surface area contributed by atoms with Crippen LogP contribution in [0.2, 0.25) is 0 Å². The third-order valence-electron chi connectivity index (χ3n) is 4.14. The highest BCUT2D eigenvalue weighted by Gasteiger charge is 2.30. The van der Waals surface area contributed by atoms with Crippen molar-refractivity contribution in [2.45, 2.75) is 9.79 Å². The first-order valence-corrected chi connectivity index (χ1v) is 11.2. The van der Waals surface area contributed by atoms with E-state index in [9.17, 15) is 16.8 Å². The Balaban J connectivity index is 2.22. The van der Waals surface area contributed by atoms with Gasteiger partial charge in [0.15, 0.2) is 9.84 Å². The van der Waals surface area contributed by atoms with Crippen LogP contribution in [0.3, 0.4) is 0 Å². The van der Waals surface area contributed by atoms with Gasteiger partial charge in [0.1, 0.15) is 4.90 Å². The molecule has 0 unspecified atom stereocenters. The van der Waals surface area contributed by atoms with Gasteiger partial charge in [-0.2, -0.15) is 10.3 Å². The second-order valence-corrected chi connectivity index (χ2v) is 9.49. The summed E-state index contributed by atoms with van der Waals surface area (Å²) in [7, 11) is -8.40. The van der Waals surface area contributed by atoms with Crippen LogP contribution in [0.5, 0.6) is 0 Å². The summed E-state index contributed by atoms with van der Waals surface area (Å²) < 4.78 is 49.3. The van der Waals surface area contributed by atoms with E-state index in [2.05, 4.69) is 30.8 Å². The van der Waals surface area contributed by atoms with E-state index in [1.807, 2.05) is 6.07 Å². The molecule has 4 aromatic rings. The van der Waals surface area contributed by atoms with Gasteiger partial charge in [-0.3, -0.25) is 5.10 Å². The Morgan fingerprint density at radius 3 is 2.46 bits per heavy atom. The maximum Gasteiger partial charge on any atom is 0.240 e. The molecule has 0 radical (unpaired) electrons. The van der Waals surface area contributed by atoms with E-state index >= 15 is 0 Å². The van der Waals surface area contributed by atoms with Gasteiger partial charge >= 0.3 is 0 Å². The summed E-state index contributed by atoms with van der Waals surface area (Å²) in [4.78, 5) is -1.04. The van der Waals surface area contributed by atoms with Gasteiger partial charge in [0.05, 0.1) is 22.2 Å². The molecule has 11 nitrogen and oxygen atoms in total. The van der Waals surface area contributed by atoms with Crippen molar-refractivity contribution < 1.29 is 16.8 Å². The summed E-state index contributed by atoms with van der Waals surface area (Å²) in [5.74, 6) is -0.110. The van der Waals surface area contributed by atoms with Gasteiger partial charge < -0.3 is 0 Å². The number of aromatic amines is 2. The van der Waals surface area contributed by atoms with E-state index in [0.29, 0.717) is 16.6 Å². The van der Waals surface area contributed by atoms with Crippen LogP contribution < -0.4 is 5.14 Å². The van der Waals surface area contributed by atoms with Crippen LogP contribution in [0.1, 0.15) is 0 Å². The number of H-pyrrole nitrogens is 2. The van der Waals surface area contributed by atoms with E-state index in [0.717, 1.165) is 11.6 Å². The molecule has 0 saturated heterocycles. The zero-order valence-corrected chi connectivity index (χ0v) is 15.9. The lowest BCUT2D eigenvalue weighted by molar-refractivity contribution is 0.586. The Morgan fingerprint density at radius 1 is 1.04 bits per heavy atom. The SMILES string of the molecule is CS(=O)(=O)c1ccc(-c2cccc3cn[nH]c23)c(-c2nn[nH]n2)c1S(N)(=O)=O. The summed E-state index contributed by atoms with van der Waals surface area (Å²) in [5, 5.41) is 26.4. The molecule has 0 fully saturated rings. The number of sulfonamides is 1. The van der Waals surface area contributed by atoms with Gasteiger partial charge in [0.25, 0.3) is 0 Å². The van der Waals surface area contributed by atoms with Crippen LogP contribution in [0.15, 0.2) is 46.3 Å². The second kappa shape index (κ2) is 6.19. The zero-order valence-electron chi connectivity index (χ0n) is 14.3. The van der Waals surface area contributed by atoms with Crippen molar-refractivity contribution >= 4 is 30.8 Å². The number of hydrogen-bond donors (Lipinski definition) is 3. The fourth-order valence-corrected chi connectivity index (χ4v) is 5.44. The standard InChI is InChI=1S/C15H13N7O4S2/c1-27(23,24)11-6-5-9(10-4-2-3-8-7-17-18-13(8)10)12(14(11)28(16,25)26)15-19-21-22-20-15/h2-7H,1H3,(H,17,18)(H2,16,25,26)(H,19,20,21,22). The minimum Gasteiger partial charge on any atom is -0.277 e. The van der Waals surface area contributed by atoms with Crippen molar-refractivity contribution in [3.8, 4) is 22.5 Å². The molecule has 0 atom stereocenters. The number of aromatic nitrogens is 6. The molecule has 0 aliphatic carbocycles. The Hall–Kier alpha value is -3.16. The first-order valence-electron chi connectivity index (χ1n) is 7.74. The largest absolute Gasteiger partial charge is 0.277 e. The van der Waals surface area contributed by atoms with Crippen molar-refractivity contribution in [2.75, 3.05) is 6.26 Å². The highest BCUT2D eigenvalue weighted by Crippen LogP contribution is 2.40. The molecule has 28 heavy (non-hydrogen) atoms. The number of primary sulfonamides is 1. The second-order valence-electron chi connectivity index (χ2n) is 6.01. The van der Waals surface area contributed by atoms with E-state index in [1.165, 1.54) is 12.1 Å². The molecular weight excluding hydrogens is 406 g/mol. The predicted molar refractivity (Wildman–Crippen MR) is 99.2 cm³/mol. The minimum absolute atomic E-state index is 0.0683. The summed E-state index contributed by atoms with van der Waals surface area (Å²) in [6.45, 7) is 0. The van der Waals surface area contributed by atoms with E-state index < -0.39 is 29.7 Å². The molecule has 144 valence electrons. The molecule has 0 saturated carbocycles. The molecule has 4 rings (SSSR count). The number of benzene rings is 2. The molecule has 0 spiro atoms. The van der Waals surface area contributed by atoms with Gasteiger partial charge in [0.2, 0.25) is 15.8 Å². The summed E-state index contributed by atoms with van der Waals surface area (Å²) >= 11 is 0. The highest BCUT2D eigenvalue weighted by molar-refractivity contribution is 7.93. The number of nitrogens with zero attached hydrogens (tertiary/aromatic N) is 4. The quantitative estimate of drug-likeness (QED) is 0.427. The third-order valence-corrected chi connectivity index (χ3v) is 6.40. The molecule has 4 N–H and O–H groups in total. The number of nitrogens with two attached hydrogens (primary N) is 1. The van der Waals surface area contributed by atoms with Crippen LogP contribution >= 0.6 is 0 Å². The lowest BCUT2D eigenvalue weighted by Gasteiger charge is -2.15. The van der Waals surface area contributed by atoms with Crippen molar-refractivity contribution in [3.05, 3.63) is 36.5 Å². The lowest BCUT2D eigenvalue weighted by Crippen LogP contribution is -2.18. The molecule has 0 aliphatic heterocycles. The number of sulfone groups is 1. The minimum atomic E-state index is -4.47. The molecular formula is C15H13N7O4S2.